The highest BCUT2D eigenvalue weighted by Crippen LogP contribution is 2.39. The molecule has 3 aromatic rings. The predicted molar refractivity (Wildman–Crippen MR) is 139 cm³/mol. The number of carbonyl (C=O) groups excluding carboxylic acids is 2. The number of hydrogen-bond acceptors (Lipinski definition) is 4. The number of rotatable bonds is 8. The molecule has 7 heteroatoms. The van der Waals surface area contributed by atoms with E-state index in [2.05, 4.69) is 46.4 Å². The van der Waals surface area contributed by atoms with Crippen LogP contribution in [0.1, 0.15) is 44.4 Å². The molecule has 0 bridgehead atoms. The van der Waals surface area contributed by atoms with Crippen molar-refractivity contribution in [1.82, 2.24) is 9.80 Å². The van der Waals surface area contributed by atoms with Crippen molar-refractivity contribution in [3.05, 3.63) is 91.6 Å². The topological polar surface area (TPSA) is 49.9 Å². The minimum atomic E-state index is -0.155. The van der Waals surface area contributed by atoms with Crippen LogP contribution in [0.3, 0.4) is 0 Å². The van der Waals surface area contributed by atoms with E-state index in [0.29, 0.717) is 31.7 Å². The summed E-state index contributed by atoms with van der Waals surface area (Å²) in [6.45, 7) is 3.74. The van der Waals surface area contributed by atoms with Crippen molar-refractivity contribution < 1.29 is 14.3 Å². The third kappa shape index (κ3) is 5.27. The van der Waals surface area contributed by atoms with Crippen molar-refractivity contribution in [2.75, 3.05) is 33.4 Å². The van der Waals surface area contributed by atoms with E-state index in [9.17, 15) is 9.59 Å². The van der Waals surface area contributed by atoms with Gasteiger partial charge in [0.25, 0.3) is 5.91 Å². The molecule has 0 N–H and O–H groups in total. The zero-order chi connectivity index (χ0) is 24.1. The highest BCUT2D eigenvalue weighted by Gasteiger charge is 2.34. The van der Waals surface area contributed by atoms with E-state index in [-0.39, 0.29) is 24.4 Å². The Hall–Kier alpha value is -2.48. The molecule has 2 aromatic carbocycles. The number of thiophene rings is 1. The molecule has 0 radical (unpaired) electrons. The number of amides is 2. The average Bonchev–Trinajstić information content (AvgIpc) is 3.32. The average molecular weight is 542 g/mol. The Kier molecular flexibility index (Phi) is 8.19. The fourth-order valence-electron chi connectivity index (χ4n) is 4.53. The fraction of sp³-hybridized carbons (Fsp3) is 0.333. The summed E-state index contributed by atoms with van der Waals surface area (Å²) < 4.78 is 5.92. The van der Waals surface area contributed by atoms with Crippen LogP contribution in [0, 0.1) is 6.92 Å². The Morgan fingerprint density at radius 1 is 1.12 bits per heavy atom. The zero-order valence-corrected chi connectivity index (χ0v) is 21.9. The molecule has 4 rings (SSSR count). The summed E-state index contributed by atoms with van der Waals surface area (Å²) in [5.41, 5.74) is 4.05. The van der Waals surface area contributed by atoms with E-state index in [1.54, 1.807) is 29.4 Å². The van der Waals surface area contributed by atoms with Crippen molar-refractivity contribution in [3.63, 3.8) is 0 Å². The van der Waals surface area contributed by atoms with E-state index in [0.717, 1.165) is 22.0 Å². The summed E-state index contributed by atoms with van der Waals surface area (Å²) in [4.78, 5) is 32.1. The van der Waals surface area contributed by atoms with Crippen LogP contribution in [0.5, 0.6) is 0 Å². The molecule has 5 nitrogen and oxygen atoms in total. The molecular formula is C27H29BrN2O3S. The summed E-state index contributed by atoms with van der Waals surface area (Å²) in [6.07, 6.45) is 1.50. The lowest BCUT2D eigenvalue weighted by molar-refractivity contribution is -0.134. The molecule has 1 aliphatic heterocycles. The minimum Gasteiger partial charge on any atom is -0.385 e. The number of hydrogen-bond donors (Lipinski definition) is 0. The molecule has 34 heavy (non-hydrogen) atoms. The molecule has 1 aliphatic rings. The van der Waals surface area contributed by atoms with Gasteiger partial charge in [0.15, 0.2) is 0 Å². The predicted octanol–water partition coefficient (Wildman–Crippen LogP) is 5.47. The monoisotopic (exact) mass is 540 g/mol. The number of aryl methyl sites for hydroxylation is 1. The number of methoxy groups -OCH3 is 1. The molecular weight excluding hydrogens is 512 g/mol. The van der Waals surface area contributed by atoms with Crippen LogP contribution in [-0.2, 0) is 16.0 Å². The number of nitrogens with zero attached hydrogens (tertiary/aromatic N) is 2. The van der Waals surface area contributed by atoms with Gasteiger partial charge in [-0.3, -0.25) is 9.59 Å². The molecule has 1 unspecified atom stereocenters. The highest BCUT2D eigenvalue weighted by atomic mass is 79.9. The smallest absolute Gasteiger partial charge is 0.255 e. The van der Waals surface area contributed by atoms with Crippen molar-refractivity contribution >= 4 is 39.1 Å². The summed E-state index contributed by atoms with van der Waals surface area (Å²) in [5, 5.41) is 2.11. The van der Waals surface area contributed by atoms with Crippen molar-refractivity contribution in [2.24, 2.45) is 0 Å². The molecule has 1 atom stereocenters. The Morgan fingerprint density at radius 3 is 2.65 bits per heavy atom. The second-order valence-electron chi connectivity index (χ2n) is 8.45. The van der Waals surface area contributed by atoms with E-state index in [1.165, 1.54) is 10.4 Å². The summed E-state index contributed by atoms with van der Waals surface area (Å²) in [5.74, 6) is -0.194. The highest BCUT2D eigenvalue weighted by molar-refractivity contribution is 9.10. The van der Waals surface area contributed by atoms with Crippen LogP contribution in [0.25, 0.3) is 0 Å². The largest absolute Gasteiger partial charge is 0.385 e. The number of halogens is 1. The van der Waals surface area contributed by atoms with Gasteiger partial charge >= 0.3 is 0 Å². The van der Waals surface area contributed by atoms with Gasteiger partial charge in [0.2, 0.25) is 5.91 Å². The maximum Gasteiger partial charge on any atom is 0.255 e. The van der Waals surface area contributed by atoms with Crippen LogP contribution in [0.2, 0.25) is 0 Å². The maximum absolute atomic E-state index is 13.8. The second kappa shape index (κ2) is 11.3. The molecule has 0 saturated carbocycles. The molecule has 0 aliphatic carbocycles. The van der Waals surface area contributed by atoms with Gasteiger partial charge in [0, 0.05) is 36.2 Å². The number of carbonyl (C=O) groups is 2. The van der Waals surface area contributed by atoms with Crippen LogP contribution in [0.4, 0.5) is 0 Å². The van der Waals surface area contributed by atoms with Crippen molar-refractivity contribution in [3.8, 4) is 0 Å². The first kappa shape index (κ1) is 24.6. The maximum atomic E-state index is 13.8. The van der Waals surface area contributed by atoms with E-state index >= 15 is 0 Å². The van der Waals surface area contributed by atoms with Crippen molar-refractivity contribution in [1.29, 1.82) is 0 Å². The first-order chi connectivity index (χ1) is 16.5. The van der Waals surface area contributed by atoms with Gasteiger partial charge in [-0.2, -0.15) is 0 Å². The Bertz CT molecular complexity index is 1160. The van der Waals surface area contributed by atoms with Gasteiger partial charge < -0.3 is 14.5 Å². The van der Waals surface area contributed by atoms with E-state index < -0.39 is 0 Å². The van der Waals surface area contributed by atoms with Gasteiger partial charge in [-0.15, -0.1) is 11.3 Å². The fourth-order valence-corrected chi connectivity index (χ4v) is 5.88. The Morgan fingerprint density at radius 2 is 1.88 bits per heavy atom. The van der Waals surface area contributed by atoms with Gasteiger partial charge in [-0.1, -0.05) is 36.4 Å². The van der Waals surface area contributed by atoms with E-state index in [1.807, 2.05) is 35.2 Å². The van der Waals surface area contributed by atoms with Crippen LogP contribution in [0.15, 0.2) is 64.5 Å². The third-order valence-corrected chi connectivity index (χ3v) is 7.95. The zero-order valence-electron chi connectivity index (χ0n) is 19.5. The molecule has 0 spiro atoms. The summed E-state index contributed by atoms with van der Waals surface area (Å²) in [6, 6.07) is 17.6. The lowest BCUT2D eigenvalue weighted by Gasteiger charge is -2.38. The van der Waals surface area contributed by atoms with Gasteiger partial charge in [-0.05, 0) is 76.0 Å². The first-order valence-corrected chi connectivity index (χ1v) is 13.1. The summed E-state index contributed by atoms with van der Waals surface area (Å²) in [7, 11) is 1.64. The third-order valence-electron chi connectivity index (χ3n) is 6.26. The SMILES string of the molecule is COCCCN(CC(=O)N1CCc2sccc2C1c1ccccc1C)C(=O)c1ccccc1Br. The minimum absolute atomic E-state index is 0.0335. The lowest BCUT2D eigenvalue weighted by Crippen LogP contribution is -2.47. The standard InChI is InChI=1S/C27H29BrN2O3S/c1-19-8-3-4-9-20(19)26-22-13-17-34-24(22)12-15-30(26)25(31)18-29(14-7-16-33-2)27(32)21-10-5-6-11-23(21)28/h3-6,8-11,13,17,26H,7,12,14-16,18H2,1-2H3. The van der Waals surface area contributed by atoms with Gasteiger partial charge in [0.1, 0.15) is 6.54 Å². The normalized spacial score (nSPS) is 15.1. The van der Waals surface area contributed by atoms with E-state index in [4.69, 9.17) is 4.74 Å². The number of fused-ring (bicyclic) bond motifs is 1. The lowest BCUT2D eigenvalue weighted by atomic mass is 9.90. The molecule has 0 fully saturated rings. The first-order valence-electron chi connectivity index (χ1n) is 11.4. The second-order valence-corrected chi connectivity index (χ2v) is 10.3. The Labute approximate surface area is 213 Å². The molecule has 2 heterocycles. The van der Waals surface area contributed by atoms with Crippen LogP contribution < -0.4 is 0 Å². The molecule has 178 valence electrons. The number of benzene rings is 2. The quantitative estimate of drug-likeness (QED) is 0.356. The van der Waals surface area contributed by atoms with Gasteiger partial charge in [-0.25, -0.2) is 0 Å². The Balaban J connectivity index is 1.62. The van der Waals surface area contributed by atoms with Crippen LogP contribution in [-0.4, -0.2) is 55.0 Å². The molecule has 1 aromatic heterocycles. The van der Waals surface area contributed by atoms with Gasteiger partial charge in [0.05, 0.1) is 11.6 Å². The van der Waals surface area contributed by atoms with Crippen molar-refractivity contribution in [2.45, 2.75) is 25.8 Å². The molecule has 0 saturated heterocycles. The number of ether oxygens (including phenoxy) is 1. The summed E-state index contributed by atoms with van der Waals surface area (Å²) >= 11 is 5.24. The van der Waals surface area contributed by atoms with Crippen LogP contribution >= 0.6 is 27.3 Å². The molecule has 2 amide bonds.